The fourth-order valence-corrected chi connectivity index (χ4v) is 4.42. The number of aliphatic hydroxyl groups is 1. The van der Waals surface area contributed by atoms with Gasteiger partial charge in [0.1, 0.15) is 24.1 Å². The summed E-state index contributed by atoms with van der Waals surface area (Å²) in [4.78, 5) is 10.9. The zero-order valence-corrected chi connectivity index (χ0v) is 18.5. The molecule has 1 fully saturated rings. The summed E-state index contributed by atoms with van der Waals surface area (Å²) in [5, 5.41) is 19.6. The van der Waals surface area contributed by atoms with Gasteiger partial charge in [0, 0.05) is 47.6 Å². The molecule has 0 amide bonds. The second-order valence-corrected chi connectivity index (χ2v) is 8.27. The number of fused-ring (bicyclic) bond motifs is 2. The van der Waals surface area contributed by atoms with E-state index in [2.05, 4.69) is 25.1 Å². The third-order valence-electron chi connectivity index (χ3n) is 6.22. The number of ether oxygens (including phenoxy) is 1. The highest BCUT2D eigenvalue weighted by Crippen LogP contribution is 2.34. The number of aliphatic hydroxyl groups excluding tert-OH is 1. The lowest BCUT2D eigenvalue weighted by Gasteiger charge is -2.29. The van der Waals surface area contributed by atoms with Crippen LogP contribution in [0, 0.1) is 11.6 Å². The van der Waals surface area contributed by atoms with Crippen LogP contribution in [-0.4, -0.2) is 56.0 Å². The molecular weight excluding hydrogens is 454 g/mol. The van der Waals surface area contributed by atoms with Gasteiger partial charge in [-0.15, -0.1) is 10.2 Å². The van der Waals surface area contributed by atoms with Gasteiger partial charge in [-0.25, -0.2) is 18.7 Å². The first-order valence-corrected chi connectivity index (χ1v) is 11.1. The number of rotatable bonds is 4. The van der Waals surface area contributed by atoms with Crippen LogP contribution in [0.5, 0.6) is 0 Å². The molecule has 176 valence electrons. The molecule has 1 aliphatic rings. The van der Waals surface area contributed by atoms with Gasteiger partial charge in [-0.1, -0.05) is 6.07 Å². The van der Waals surface area contributed by atoms with Crippen molar-refractivity contribution in [2.45, 2.75) is 6.10 Å². The highest BCUT2D eigenvalue weighted by atomic mass is 19.1. The van der Waals surface area contributed by atoms with E-state index >= 15 is 4.39 Å². The van der Waals surface area contributed by atoms with Crippen molar-refractivity contribution in [3.05, 3.63) is 84.1 Å². The Morgan fingerprint density at radius 3 is 2.66 bits per heavy atom. The van der Waals surface area contributed by atoms with Crippen LogP contribution < -0.4 is 4.90 Å². The number of halogens is 2. The van der Waals surface area contributed by atoms with E-state index in [-0.39, 0.29) is 17.0 Å². The first-order valence-electron chi connectivity index (χ1n) is 11.1. The number of benzene rings is 2. The third kappa shape index (κ3) is 3.76. The van der Waals surface area contributed by atoms with E-state index in [9.17, 15) is 9.50 Å². The Bertz CT molecular complexity index is 1550. The van der Waals surface area contributed by atoms with Gasteiger partial charge in [0.25, 0.3) is 0 Å². The molecule has 6 rings (SSSR count). The van der Waals surface area contributed by atoms with Gasteiger partial charge in [-0.2, -0.15) is 0 Å². The van der Waals surface area contributed by atoms with Gasteiger partial charge in [0.05, 0.1) is 24.4 Å². The summed E-state index contributed by atoms with van der Waals surface area (Å²) < 4.78 is 36.9. The van der Waals surface area contributed by atoms with E-state index in [0.29, 0.717) is 35.5 Å². The van der Waals surface area contributed by atoms with Crippen LogP contribution >= 0.6 is 0 Å². The first-order chi connectivity index (χ1) is 17.1. The molecule has 10 heteroatoms. The maximum absolute atomic E-state index is 15.0. The average Bonchev–Trinajstić information content (AvgIpc) is 3.33. The lowest BCUT2D eigenvalue weighted by molar-refractivity contribution is 0.122. The molecule has 5 aromatic rings. The zero-order chi connectivity index (χ0) is 23.9. The molecule has 4 heterocycles. The van der Waals surface area contributed by atoms with E-state index in [4.69, 9.17) is 4.74 Å². The molecule has 0 saturated carbocycles. The quantitative estimate of drug-likeness (QED) is 0.426. The fraction of sp³-hybridized carbons (Fsp3) is 0.200. The Labute approximate surface area is 198 Å². The summed E-state index contributed by atoms with van der Waals surface area (Å²) in [6, 6.07) is 13.0. The SMILES string of the molecule is OC(c1cc(-c2ncnc3cc(N4CCOCC4)ccc23)c(F)cc1F)c1nnc2ccccn12. The molecule has 1 atom stereocenters. The number of aromatic nitrogens is 5. The monoisotopic (exact) mass is 474 g/mol. The molecule has 0 bridgehead atoms. The summed E-state index contributed by atoms with van der Waals surface area (Å²) in [5.74, 6) is -1.55. The second kappa shape index (κ2) is 8.64. The Morgan fingerprint density at radius 2 is 1.80 bits per heavy atom. The Morgan fingerprint density at radius 1 is 0.943 bits per heavy atom. The van der Waals surface area contributed by atoms with Crippen LogP contribution in [0.2, 0.25) is 0 Å². The van der Waals surface area contributed by atoms with Gasteiger partial charge in [0.15, 0.2) is 11.5 Å². The molecule has 3 aromatic heterocycles. The normalized spacial score (nSPS) is 15.1. The van der Waals surface area contributed by atoms with Gasteiger partial charge in [-0.3, -0.25) is 4.40 Å². The molecule has 0 spiro atoms. The largest absolute Gasteiger partial charge is 0.380 e. The zero-order valence-electron chi connectivity index (χ0n) is 18.5. The van der Waals surface area contributed by atoms with Crippen molar-refractivity contribution < 1.29 is 18.6 Å². The molecule has 8 nitrogen and oxygen atoms in total. The number of nitrogens with zero attached hydrogens (tertiary/aromatic N) is 6. The fourth-order valence-electron chi connectivity index (χ4n) is 4.42. The predicted octanol–water partition coefficient (Wildman–Crippen LogP) is 3.54. The summed E-state index contributed by atoms with van der Waals surface area (Å²) in [7, 11) is 0. The van der Waals surface area contributed by atoms with Crippen molar-refractivity contribution in [1.82, 2.24) is 24.6 Å². The standard InChI is InChI=1S/C25H20F2N6O2/c26-19-13-20(27)18(24(34)25-31-30-22-3-1-2-6-33(22)25)12-17(19)23-16-5-4-15(11-21(16)28-14-29-23)32-7-9-35-10-8-32/h1-6,11-14,24,34H,7-10H2. The van der Waals surface area contributed by atoms with Crippen LogP contribution in [0.25, 0.3) is 27.8 Å². The molecule has 35 heavy (non-hydrogen) atoms. The van der Waals surface area contributed by atoms with Crippen LogP contribution in [0.3, 0.4) is 0 Å². The minimum absolute atomic E-state index is 0.0563. The van der Waals surface area contributed by atoms with Crippen LogP contribution in [0.1, 0.15) is 17.5 Å². The van der Waals surface area contributed by atoms with E-state index in [1.54, 1.807) is 28.8 Å². The lowest BCUT2D eigenvalue weighted by atomic mass is 9.99. The summed E-state index contributed by atoms with van der Waals surface area (Å²) >= 11 is 0. The molecule has 1 saturated heterocycles. The van der Waals surface area contributed by atoms with E-state index in [1.807, 2.05) is 18.2 Å². The minimum Gasteiger partial charge on any atom is -0.380 e. The van der Waals surface area contributed by atoms with Crippen molar-refractivity contribution in [3.63, 3.8) is 0 Å². The number of hydrogen-bond acceptors (Lipinski definition) is 7. The average molecular weight is 474 g/mol. The molecule has 0 aliphatic carbocycles. The van der Waals surface area contributed by atoms with Crippen molar-refractivity contribution in [3.8, 4) is 11.3 Å². The third-order valence-corrected chi connectivity index (χ3v) is 6.22. The number of morpholine rings is 1. The topological polar surface area (TPSA) is 88.7 Å². The van der Waals surface area contributed by atoms with Gasteiger partial charge < -0.3 is 14.7 Å². The maximum atomic E-state index is 15.0. The molecule has 2 aromatic carbocycles. The van der Waals surface area contributed by atoms with Crippen LogP contribution in [-0.2, 0) is 4.74 Å². The van der Waals surface area contributed by atoms with E-state index in [1.165, 1.54) is 12.4 Å². The van der Waals surface area contributed by atoms with Gasteiger partial charge in [0.2, 0.25) is 0 Å². The Balaban J connectivity index is 1.44. The molecule has 0 radical (unpaired) electrons. The molecule has 1 aliphatic heterocycles. The smallest absolute Gasteiger partial charge is 0.171 e. The van der Waals surface area contributed by atoms with Gasteiger partial charge >= 0.3 is 0 Å². The highest BCUT2D eigenvalue weighted by molar-refractivity contribution is 5.94. The minimum atomic E-state index is -1.47. The Hall–Kier alpha value is -4.02. The summed E-state index contributed by atoms with van der Waals surface area (Å²) in [6.07, 6.45) is 1.55. The van der Waals surface area contributed by atoms with E-state index < -0.39 is 17.7 Å². The van der Waals surface area contributed by atoms with Crippen LogP contribution in [0.4, 0.5) is 14.5 Å². The number of hydrogen-bond donors (Lipinski definition) is 1. The van der Waals surface area contributed by atoms with Crippen molar-refractivity contribution in [2.75, 3.05) is 31.2 Å². The first kappa shape index (κ1) is 21.5. The predicted molar refractivity (Wildman–Crippen MR) is 125 cm³/mol. The lowest BCUT2D eigenvalue weighted by Crippen LogP contribution is -2.36. The molecule has 1 N–H and O–H groups in total. The molecular formula is C25H20F2N6O2. The number of pyridine rings is 1. The highest BCUT2D eigenvalue weighted by Gasteiger charge is 2.24. The van der Waals surface area contributed by atoms with E-state index in [0.717, 1.165) is 24.8 Å². The summed E-state index contributed by atoms with van der Waals surface area (Å²) in [6.45, 7) is 2.85. The second-order valence-electron chi connectivity index (χ2n) is 8.27. The van der Waals surface area contributed by atoms with Crippen LogP contribution in [0.15, 0.2) is 61.1 Å². The Kier molecular flexibility index (Phi) is 5.31. The number of anilines is 1. The van der Waals surface area contributed by atoms with Crippen molar-refractivity contribution in [1.29, 1.82) is 0 Å². The van der Waals surface area contributed by atoms with Crippen molar-refractivity contribution >= 4 is 22.2 Å². The van der Waals surface area contributed by atoms with Gasteiger partial charge in [-0.05, 0) is 36.4 Å². The van der Waals surface area contributed by atoms with Crippen molar-refractivity contribution in [2.24, 2.45) is 0 Å². The maximum Gasteiger partial charge on any atom is 0.171 e. The summed E-state index contributed by atoms with van der Waals surface area (Å²) in [5.41, 5.74) is 2.35. The molecule has 1 unspecified atom stereocenters.